The average Bonchev–Trinajstić information content (AvgIpc) is 2.03. The fourth-order valence-corrected chi connectivity index (χ4v) is 1.08. The number of nitrogens with two attached hydrogens (primary N) is 1. The van der Waals surface area contributed by atoms with Gasteiger partial charge in [-0.25, -0.2) is 4.79 Å². The lowest BCUT2D eigenvalue weighted by Crippen LogP contribution is -2.34. The van der Waals surface area contributed by atoms with Crippen molar-refractivity contribution in [1.29, 1.82) is 0 Å². The summed E-state index contributed by atoms with van der Waals surface area (Å²) in [7, 11) is 0. The van der Waals surface area contributed by atoms with E-state index in [9.17, 15) is 9.59 Å². The number of rotatable bonds is 1. The van der Waals surface area contributed by atoms with E-state index >= 15 is 0 Å². The molecular formula is C7H6BrN3O2. The maximum atomic E-state index is 11.1. The number of pyridine rings is 1. The van der Waals surface area contributed by atoms with Gasteiger partial charge in [-0.15, -0.1) is 0 Å². The minimum absolute atomic E-state index is 0.271. The zero-order valence-electron chi connectivity index (χ0n) is 6.45. The van der Waals surface area contributed by atoms with Crippen LogP contribution in [-0.2, 0) is 0 Å². The molecular weight excluding hydrogens is 238 g/mol. The van der Waals surface area contributed by atoms with Gasteiger partial charge in [0.2, 0.25) is 0 Å². The second-order valence-electron chi connectivity index (χ2n) is 2.21. The summed E-state index contributed by atoms with van der Waals surface area (Å²) in [6.07, 6.45) is 2.87. The van der Waals surface area contributed by atoms with E-state index in [0.29, 0.717) is 4.47 Å². The highest BCUT2D eigenvalue weighted by Gasteiger charge is 2.07. The van der Waals surface area contributed by atoms with Crippen LogP contribution in [0, 0.1) is 0 Å². The number of amides is 3. The molecule has 1 rings (SSSR count). The van der Waals surface area contributed by atoms with Crippen LogP contribution in [0.3, 0.4) is 0 Å². The van der Waals surface area contributed by atoms with E-state index in [0.717, 1.165) is 0 Å². The van der Waals surface area contributed by atoms with Gasteiger partial charge in [0, 0.05) is 16.9 Å². The first-order chi connectivity index (χ1) is 6.09. The van der Waals surface area contributed by atoms with Crippen LogP contribution in [0.5, 0.6) is 0 Å². The molecule has 1 aromatic rings. The predicted octanol–water partition coefficient (Wildman–Crippen LogP) is 0.653. The van der Waals surface area contributed by atoms with Crippen molar-refractivity contribution in [3.8, 4) is 0 Å². The molecule has 1 heterocycles. The Labute approximate surface area is 82.5 Å². The lowest BCUT2D eigenvalue weighted by molar-refractivity contribution is 0.0966. The molecule has 0 spiro atoms. The number of halogens is 1. The highest BCUT2D eigenvalue weighted by Crippen LogP contribution is 2.08. The third kappa shape index (κ3) is 2.83. The summed E-state index contributed by atoms with van der Waals surface area (Å²) in [5.74, 6) is -0.568. The number of nitrogens with one attached hydrogen (secondary N) is 1. The number of carbonyl (C=O) groups excluding carboxylic acids is 2. The first-order valence-corrected chi connectivity index (χ1v) is 4.10. The molecule has 6 heteroatoms. The van der Waals surface area contributed by atoms with Crippen molar-refractivity contribution in [2.24, 2.45) is 5.73 Å². The Bertz CT molecular complexity index is 353. The molecule has 3 amide bonds. The van der Waals surface area contributed by atoms with Crippen molar-refractivity contribution in [3.63, 3.8) is 0 Å². The van der Waals surface area contributed by atoms with Gasteiger partial charge in [-0.3, -0.25) is 15.1 Å². The molecule has 0 aliphatic rings. The van der Waals surface area contributed by atoms with Crippen molar-refractivity contribution in [1.82, 2.24) is 10.3 Å². The minimum atomic E-state index is -0.884. The highest BCUT2D eigenvalue weighted by molar-refractivity contribution is 9.10. The van der Waals surface area contributed by atoms with Gasteiger partial charge in [0.25, 0.3) is 5.91 Å². The highest BCUT2D eigenvalue weighted by atomic mass is 79.9. The van der Waals surface area contributed by atoms with Gasteiger partial charge in [0.05, 0.1) is 5.56 Å². The second kappa shape index (κ2) is 3.99. The van der Waals surface area contributed by atoms with Gasteiger partial charge in [-0.2, -0.15) is 0 Å². The van der Waals surface area contributed by atoms with Crippen molar-refractivity contribution in [3.05, 3.63) is 28.5 Å². The average molecular weight is 244 g/mol. The largest absolute Gasteiger partial charge is 0.351 e. The van der Waals surface area contributed by atoms with Crippen LogP contribution in [-0.4, -0.2) is 16.9 Å². The number of aromatic nitrogens is 1. The van der Waals surface area contributed by atoms with Gasteiger partial charge in [0.15, 0.2) is 0 Å². The lowest BCUT2D eigenvalue weighted by atomic mass is 10.3. The van der Waals surface area contributed by atoms with E-state index in [-0.39, 0.29) is 5.56 Å². The van der Waals surface area contributed by atoms with Crippen molar-refractivity contribution in [2.75, 3.05) is 0 Å². The number of imide groups is 1. The van der Waals surface area contributed by atoms with E-state index in [1.54, 1.807) is 0 Å². The lowest BCUT2D eigenvalue weighted by Gasteiger charge is -1.99. The summed E-state index contributed by atoms with van der Waals surface area (Å²) in [5, 5.41) is 1.93. The van der Waals surface area contributed by atoms with E-state index in [1.807, 2.05) is 5.32 Å². The molecule has 0 bridgehead atoms. The Morgan fingerprint density at radius 2 is 2.15 bits per heavy atom. The maximum Gasteiger partial charge on any atom is 0.319 e. The fourth-order valence-electron chi connectivity index (χ4n) is 0.720. The molecule has 0 aromatic carbocycles. The number of carbonyl (C=O) groups is 2. The maximum absolute atomic E-state index is 11.1. The number of primary amides is 1. The summed E-state index contributed by atoms with van der Waals surface area (Å²) in [6.45, 7) is 0. The molecule has 5 nitrogen and oxygen atoms in total. The molecule has 68 valence electrons. The van der Waals surface area contributed by atoms with Crippen LogP contribution in [0.4, 0.5) is 4.79 Å². The normalized spacial score (nSPS) is 9.31. The molecule has 3 N–H and O–H groups in total. The van der Waals surface area contributed by atoms with E-state index < -0.39 is 11.9 Å². The molecule has 0 aliphatic heterocycles. The second-order valence-corrected chi connectivity index (χ2v) is 3.13. The minimum Gasteiger partial charge on any atom is -0.351 e. The predicted molar refractivity (Wildman–Crippen MR) is 49.0 cm³/mol. The summed E-state index contributed by atoms with van der Waals surface area (Å²) in [4.78, 5) is 25.2. The number of hydrogen-bond donors (Lipinski definition) is 2. The quantitative estimate of drug-likeness (QED) is 0.760. The van der Waals surface area contributed by atoms with E-state index in [4.69, 9.17) is 5.73 Å². The summed E-state index contributed by atoms with van der Waals surface area (Å²) in [6, 6.07) is 0.649. The van der Waals surface area contributed by atoms with Gasteiger partial charge >= 0.3 is 6.03 Å². The Hall–Kier alpha value is -1.43. The van der Waals surface area contributed by atoms with Crippen molar-refractivity contribution in [2.45, 2.75) is 0 Å². The van der Waals surface area contributed by atoms with Crippen LogP contribution >= 0.6 is 15.9 Å². The third-order valence-electron chi connectivity index (χ3n) is 1.20. The zero-order chi connectivity index (χ0) is 9.84. The third-order valence-corrected chi connectivity index (χ3v) is 1.64. The summed E-state index contributed by atoms with van der Waals surface area (Å²) < 4.78 is 0.657. The van der Waals surface area contributed by atoms with Crippen LogP contribution in [0.25, 0.3) is 0 Å². The van der Waals surface area contributed by atoms with E-state index in [2.05, 4.69) is 20.9 Å². The molecule has 1 aromatic heterocycles. The molecule has 0 atom stereocenters. The van der Waals surface area contributed by atoms with Gasteiger partial charge in [-0.05, 0) is 22.0 Å². The molecule has 0 saturated carbocycles. The number of urea groups is 1. The Morgan fingerprint density at radius 3 is 2.69 bits per heavy atom. The molecule has 0 radical (unpaired) electrons. The Morgan fingerprint density at radius 1 is 1.46 bits per heavy atom. The smallest absolute Gasteiger partial charge is 0.319 e. The van der Waals surface area contributed by atoms with Gasteiger partial charge in [0.1, 0.15) is 0 Å². The van der Waals surface area contributed by atoms with Gasteiger partial charge in [-0.1, -0.05) is 0 Å². The Balaban J connectivity index is 2.83. The number of hydrogen-bond acceptors (Lipinski definition) is 3. The molecule has 0 saturated heterocycles. The van der Waals surface area contributed by atoms with Crippen LogP contribution < -0.4 is 11.1 Å². The number of nitrogens with zero attached hydrogens (tertiary/aromatic N) is 1. The monoisotopic (exact) mass is 243 g/mol. The molecule has 0 unspecified atom stereocenters. The molecule has 0 aliphatic carbocycles. The van der Waals surface area contributed by atoms with Crippen molar-refractivity contribution >= 4 is 27.9 Å². The van der Waals surface area contributed by atoms with Crippen LogP contribution in [0.2, 0.25) is 0 Å². The molecule has 0 fully saturated rings. The van der Waals surface area contributed by atoms with E-state index in [1.165, 1.54) is 18.5 Å². The standard InChI is InChI=1S/C7H6BrN3O2/c8-5-1-4(2-10-3-5)6(12)11-7(9)13/h1-3H,(H3,9,11,12,13). The van der Waals surface area contributed by atoms with Gasteiger partial charge < -0.3 is 5.73 Å². The zero-order valence-corrected chi connectivity index (χ0v) is 8.04. The summed E-state index contributed by atoms with van der Waals surface area (Å²) >= 11 is 3.14. The van der Waals surface area contributed by atoms with Crippen molar-refractivity contribution < 1.29 is 9.59 Å². The fraction of sp³-hybridized carbons (Fsp3) is 0. The van der Waals surface area contributed by atoms with Crippen LogP contribution in [0.15, 0.2) is 22.9 Å². The SMILES string of the molecule is NC(=O)NC(=O)c1cncc(Br)c1. The topological polar surface area (TPSA) is 85.1 Å². The summed E-state index contributed by atoms with van der Waals surface area (Å²) in [5.41, 5.74) is 5.04. The molecule has 13 heavy (non-hydrogen) atoms. The first kappa shape index (κ1) is 9.66. The Kier molecular flexibility index (Phi) is 2.97. The van der Waals surface area contributed by atoms with Crippen LogP contribution in [0.1, 0.15) is 10.4 Å². The first-order valence-electron chi connectivity index (χ1n) is 3.31.